The second-order valence-corrected chi connectivity index (χ2v) is 12.9. The van der Waals surface area contributed by atoms with E-state index >= 15 is 0 Å². The van der Waals surface area contributed by atoms with Crippen LogP contribution in [0.25, 0.3) is 0 Å². The van der Waals surface area contributed by atoms with Crippen molar-refractivity contribution in [3.63, 3.8) is 0 Å². The summed E-state index contributed by atoms with van der Waals surface area (Å²) in [5, 5.41) is 17.0. The van der Waals surface area contributed by atoms with E-state index < -0.39 is 17.7 Å². The standard InChI is InChI=1S/C36H50N4O6.ClH/c1-4-6-21-40-34(43)31(32(41)26-9-15-28(16-10-26)45-5-2)38-35(44)36(40)19-22-39(23-20-36)24-25-7-13-29(14-8-25)46-30-17-11-27(12-18-30)33(42)37-3;/h7-8,11-14,17-18,26,28,31-32,41H,4-6,9-10,15-16,19-24H2,1-3H3,(H,37,42)(H,38,44);1H/t26-,28+,31-,32-;/m1./s1. The van der Waals surface area contributed by atoms with Gasteiger partial charge in [-0.3, -0.25) is 19.3 Å². The smallest absolute Gasteiger partial charge is 0.251 e. The third kappa shape index (κ3) is 8.46. The number of nitrogens with zero attached hydrogens (tertiary/aromatic N) is 2. The Morgan fingerprint density at radius 2 is 1.62 bits per heavy atom. The molecule has 47 heavy (non-hydrogen) atoms. The highest BCUT2D eigenvalue weighted by Gasteiger charge is 2.55. The first-order chi connectivity index (χ1) is 22.3. The third-order valence-corrected chi connectivity index (χ3v) is 10.0. The summed E-state index contributed by atoms with van der Waals surface area (Å²) in [4.78, 5) is 43.8. The number of hydrogen-bond acceptors (Lipinski definition) is 7. The van der Waals surface area contributed by atoms with Crippen LogP contribution in [0.2, 0.25) is 0 Å². The molecular weight excluding hydrogens is 620 g/mol. The lowest BCUT2D eigenvalue weighted by molar-refractivity contribution is -0.166. The Hall–Kier alpha value is -3.18. The Morgan fingerprint density at radius 1 is 1.00 bits per heavy atom. The first-order valence-electron chi connectivity index (χ1n) is 17.0. The molecule has 2 aromatic carbocycles. The molecule has 2 heterocycles. The molecule has 258 valence electrons. The quantitative estimate of drug-likeness (QED) is 0.300. The monoisotopic (exact) mass is 670 g/mol. The third-order valence-electron chi connectivity index (χ3n) is 10.0. The number of rotatable bonds is 12. The molecule has 2 aromatic rings. The fraction of sp³-hybridized carbons (Fsp3) is 0.583. The number of unbranched alkanes of at least 4 members (excludes halogenated alkanes) is 1. The van der Waals surface area contributed by atoms with Gasteiger partial charge in [0.25, 0.3) is 5.91 Å². The Kier molecular flexibility index (Phi) is 13.1. The van der Waals surface area contributed by atoms with Gasteiger partial charge < -0.3 is 30.1 Å². The largest absolute Gasteiger partial charge is 0.457 e. The Bertz CT molecular complexity index is 1320. The number of carbonyl (C=O) groups excluding carboxylic acids is 3. The summed E-state index contributed by atoms with van der Waals surface area (Å²) in [5.41, 5.74) is 0.828. The first-order valence-corrected chi connectivity index (χ1v) is 17.0. The van der Waals surface area contributed by atoms with Crippen LogP contribution in [-0.2, 0) is 20.9 Å². The van der Waals surface area contributed by atoms with Gasteiger partial charge in [-0.15, -0.1) is 12.4 Å². The lowest BCUT2D eigenvalue weighted by Crippen LogP contribution is -2.75. The molecular formula is C36H51ClN4O6. The fourth-order valence-electron chi connectivity index (χ4n) is 7.27. The Balaban J connectivity index is 0.00000500. The minimum atomic E-state index is -0.894. The second kappa shape index (κ2) is 16.8. The van der Waals surface area contributed by atoms with Crippen molar-refractivity contribution in [2.75, 3.05) is 33.3 Å². The molecule has 5 rings (SSSR count). The molecule has 1 saturated carbocycles. The van der Waals surface area contributed by atoms with Gasteiger partial charge >= 0.3 is 0 Å². The van der Waals surface area contributed by atoms with E-state index in [-0.39, 0.29) is 42.2 Å². The number of amides is 3. The molecule has 10 nitrogen and oxygen atoms in total. The summed E-state index contributed by atoms with van der Waals surface area (Å²) in [5.74, 6) is 0.925. The van der Waals surface area contributed by atoms with E-state index in [0.29, 0.717) is 56.1 Å². The Morgan fingerprint density at radius 3 is 2.19 bits per heavy atom. The van der Waals surface area contributed by atoms with Crippen molar-refractivity contribution in [1.82, 2.24) is 20.4 Å². The van der Waals surface area contributed by atoms with Crippen molar-refractivity contribution >= 4 is 30.1 Å². The highest BCUT2D eigenvalue weighted by molar-refractivity contribution is 6.00. The van der Waals surface area contributed by atoms with Crippen molar-refractivity contribution in [2.45, 2.75) is 95.5 Å². The van der Waals surface area contributed by atoms with Crippen molar-refractivity contribution < 1.29 is 29.0 Å². The average molecular weight is 671 g/mol. The van der Waals surface area contributed by atoms with Crippen molar-refractivity contribution in [3.8, 4) is 11.5 Å². The minimum absolute atomic E-state index is 0. The maximum Gasteiger partial charge on any atom is 0.251 e. The van der Waals surface area contributed by atoms with Crippen LogP contribution in [0.1, 0.15) is 81.1 Å². The van der Waals surface area contributed by atoms with Crippen LogP contribution in [0.5, 0.6) is 11.5 Å². The predicted molar refractivity (Wildman–Crippen MR) is 183 cm³/mol. The average Bonchev–Trinajstić information content (AvgIpc) is 3.08. The number of aliphatic hydroxyl groups excluding tert-OH is 1. The van der Waals surface area contributed by atoms with E-state index in [1.807, 2.05) is 36.1 Å². The first kappa shape index (κ1) is 36.7. The van der Waals surface area contributed by atoms with E-state index in [1.165, 1.54) is 0 Å². The molecule has 0 aromatic heterocycles. The highest BCUT2D eigenvalue weighted by Crippen LogP contribution is 2.37. The number of piperidine rings is 1. The molecule has 1 spiro atoms. The van der Waals surface area contributed by atoms with Crippen LogP contribution >= 0.6 is 12.4 Å². The second-order valence-electron chi connectivity index (χ2n) is 12.9. The van der Waals surface area contributed by atoms with Gasteiger partial charge in [0, 0.05) is 45.4 Å². The molecule has 3 fully saturated rings. The molecule has 1 aliphatic carbocycles. The zero-order valence-electron chi connectivity index (χ0n) is 27.9. The van der Waals surface area contributed by atoms with Crippen molar-refractivity contribution in [2.24, 2.45) is 5.92 Å². The van der Waals surface area contributed by atoms with Gasteiger partial charge in [0.05, 0.1) is 12.2 Å². The van der Waals surface area contributed by atoms with Crippen LogP contribution in [0, 0.1) is 5.92 Å². The van der Waals surface area contributed by atoms with Gasteiger partial charge in [-0.25, -0.2) is 0 Å². The molecule has 2 saturated heterocycles. The van der Waals surface area contributed by atoms with Crippen LogP contribution in [0.3, 0.4) is 0 Å². The lowest BCUT2D eigenvalue weighted by Gasteiger charge is -2.52. The maximum absolute atomic E-state index is 14.0. The number of piperazine rings is 1. The molecule has 3 aliphatic rings. The number of likely N-dealkylation sites (tertiary alicyclic amines) is 1. The number of halogens is 1. The predicted octanol–water partition coefficient (Wildman–Crippen LogP) is 4.68. The number of hydrogen-bond donors (Lipinski definition) is 3. The molecule has 0 bridgehead atoms. The molecule has 3 amide bonds. The maximum atomic E-state index is 14.0. The number of carbonyl (C=O) groups is 3. The van der Waals surface area contributed by atoms with Gasteiger partial charge in [0.1, 0.15) is 23.1 Å². The van der Waals surface area contributed by atoms with E-state index in [9.17, 15) is 19.5 Å². The summed E-state index contributed by atoms with van der Waals surface area (Å²) >= 11 is 0. The summed E-state index contributed by atoms with van der Waals surface area (Å²) in [6, 6.07) is 14.1. The Labute approximate surface area is 285 Å². The van der Waals surface area contributed by atoms with Gasteiger partial charge in [-0.1, -0.05) is 25.5 Å². The SMILES string of the molecule is CCCCN1C(=O)[C@@H]([C@H](O)[C@H]2CC[C@@H](OCC)CC2)NC(=O)C12CCN(Cc1ccc(Oc3ccc(C(=O)NC)cc3)cc1)CC2.Cl. The van der Waals surface area contributed by atoms with Crippen LogP contribution < -0.4 is 15.4 Å². The normalized spacial score (nSPS) is 23.5. The van der Waals surface area contributed by atoms with Gasteiger partial charge in [-0.05, 0) is 99.7 Å². The van der Waals surface area contributed by atoms with Gasteiger partial charge in [-0.2, -0.15) is 0 Å². The molecule has 2 atom stereocenters. The highest BCUT2D eigenvalue weighted by atomic mass is 35.5. The van der Waals surface area contributed by atoms with E-state index in [4.69, 9.17) is 9.47 Å². The molecule has 11 heteroatoms. The van der Waals surface area contributed by atoms with E-state index in [0.717, 1.165) is 50.6 Å². The number of aliphatic hydroxyl groups is 1. The number of nitrogens with one attached hydrogen (secondary N) is 2. The molecule has 2 aliphatic heterocycles. The van der Waals surface area contributed by atoms with Crippen molar-refractivity contribution in [3.05, 3.63) is 59.7 Å². The van der Waals surface area contributed by atoms with Crippen molar-refractivity contribution in [1.29, 1.82) is 0 Å². The van der Waals surface area contributed by atoms with Crippen LogP contribution in [-0.4, -0.2) is 89.7 Å². The summed E-state index contributed by atoms with van der Waals surface area (Å²) in [6.07, 6.45) is 5.50. The number of benzene rings is 2. The summed E-state index contributed by atoms with van der Waals surface area (Å²) < 4.78 is 11.7. The topological polar surface area (TPSA) is 120 Å². The van der Waals surface area contributed by atoms with Gasteiger partial charge in [0.2, 0.25) is 11.8 Å². The molecule has 3 N–H and O–H groups in total. The summed E-state index contributed by atoms with van der Waals surface area (Å²) in [7, 11) is 1.60. The minimum Gasteiger partial charge on any atom is -0.457 e. The van der Waals surface area contributed by atoms with E-state index in [2.05, 4.69) is 22.5 Å². The van der Waals surface area contributed by atoms with Crippen LogP contribution in [0.15, 0.2) is 48.5 Å². The van der Waals surface area contributed by atoms with Crippen LogP contribution in [0.4, 0.5) is 0 Å². The van der Waals surface area contributed by atoms with Gasteiger partial charge in [0.15, 0.2) is 0 Å². The summed E-state index contributed by atoms with van der Waals surface area (Å²) in [6.45, 7) is 7.40. The van der Waals surface area contributed by atoms with E-state index in [1.54, 1.807) is 31.3 Å². The fourth-order valence-corrected chi connectivity index (χ4v) is 7.27. The zero-order valence-corrected chi connectivity index (χ0v) is 28.7. The molecule has 0 radical (unpaired) electrons. The lowest BCUT2D eigenvalue weighted by atomic mass is 9.77. The number of ether oxygens (including phenoxy) is 2. The molecule has 0 unspecified atom stereocenters. The zero-order chi connectivity index (χ0) is 32.7.